The third kappa shape index (κ3) is 3.36. The van der Waals surface area contributed by atoms with Gasteiger partial charge in [-0.1, -0.05) is 19.4 Å². The number of carboxylic acids is 1. The molecule has 1 atom stereocenters. The highest BCUT2D eigenvalue weighted by atomic mass is 32.1. The number of nitrogens with zero attached hydrogens (tertiary/aromatic N) is 1. The summed E-state index contributed by atoms with van der Waals surface area (Å²) in [4.78, 5) is 16.6. The van der Waals surface area contributed by atoms with Crippen molar-refractivity contribution in [3.8, 4) is 0 Å². The molecule has 2 aromatic rings. The van der Waals surface area contributed by atoms with Gasteiger partial charge >= 0.3 is 5.97 Å². The minimum atomic E-state index is -0.940. The number of thiophene rings is 1. The number of rotatable bonds is 6. The van der Waals surface area contributed by atoms with Gasteiger partial charge in [0.25, 0.3) is 0 Å². The Hall–Kier alpha value is -1.88. The number of carbonyl (C=O) groups is 1. The first-order chi connectivity index (χ1) is 9.61. The van der Waals surface area contributed by atoms with E-state index in [1.165, 1.54) is 4.88 Å². The fraction of sp³-hybridized carbons (Fsp3) is 0.333. The predicted molar refractivity (Wildman–Crippen MR) is 81.5 cm³/mol. The van der Waals surface area contributed by atoms with Crippen LogP contribution in [0.25, 0.3) is 0 Å². The number of hydrogen-bond acceptors (Lipinski definition) is 4. The summed E-state index contributed by atoms with van der Waals surface area (Å²) >= 11 is 1.72. The van der Waals surface area contributed by atoms with Gasteiger partial charge in [0.05, 0.1) is 17.3 Å². The summed E-state index contributed by atoms with van der Waals surface area (Å²) in [5.74, 6) is -0.218. The lowest BCUT2D eigenvalue weighted by atomic mass is 10.1. The molecule has 0 aromatic carbocycles. The van der Waals surface area contributed by atoms with Crippen molar-refractivity contribution in [2.24, 2.45) is 0 Å². The van der Waals surface area contributed by atoms with Crippen molar-refractivity contribution >= 4 is 23.1 Å². The Morgan fingerprint density at radius 2 is 2.25 bits per heavy atom. The lowest BCUT2D eigenvalue weighted by Gasteiger charge is -2.18. The van der Waals surface area contributed by atoms with E-state index in [0.29, 0.717) is 5.69 Å². The fourth-order valence-corrected chi connectivity index (χ4v) is 2.92. The molecule has 0 saturated heterocycles. The van der Waals surface area contributed by atoms with Crippen molar-refractivity contribution in [2.75, 3.05) is 5.32 Å². The maximum Gasteiger partial charge on any atom is 0.337 e. The van der Waals surface area contributed by atoms with Crippen molar-refractivity contribution < 1.29 is 9.90 Å². The minimum Gasteiger partial charge on any atom is -0.478 e. The molecule has 0 aliphatic heterocycles. The van der Waals surface area contributed by atoms with E-state index in [0.717, 1.165) is 18.7 Å². The largest absolute Gasteiger partial charge is 0.478 e. The van der Waals surface area contributed by atoms with Gasteiger partial charge in [-0.3, -0.25) is 0 Å². The van der Waals surface area contributed by atoms with Crippen molar-refractivity contribution in [1.82, 2.24) is 4.98 Å². The monoisotopic (exact) mass is 290 g/mol. The molecule has 106 valence electrons. The zero-order chi connectivity index (χ0) is 14.5. The summed E-state index contributed by atoms with van der Waals surface area (Å²) < 4.78 is 0. The lowest BCUT2D eigenvalue weighted by molar-refractivity contribution is 0.0695. The third-order valence-corrected chi connectivity index (χ3v) is 4.09. The molecular formula is C15H18N2O2S. The Morgan fingerprint density at radius 1 is 1.45 bits per heavy atom. The number of pyridine rings is 1. The molecule has 4 nitrogen and oxygen atoms in total. The average molecular weight is 290 g/mol. The van der Waals surface area contributed by atoms with Gasteiger partial charge in [0.1, 0.15) is 5.82 Å². The molecule has 2 N–H and O–H groups in total. The fourth-order valence-electron chi connectivity index (χ4n) is 2.11. The average Bonchev–Trinajstić information content (AvgIpc) is 2.91. The van der Waals surface area contributed by atoms with Gasteiger partial charge in [-0.2, -0.15) is 0 Å². The molecule has 0 bridgehead atoms. The summed E-state index contributed by atoms with van der Waals surface area (Å²) in [6.45, 7) is 3.86. The van der Waals surface area contributed by atoms with E-state index < -0.39 is 5.97 Å². The number of aryl methyl sites for hydroxylation is 1. The second kappa shape index (κ2) is 6.52. The molecule has 2 heterocycles. The molecule has 0 saturated carbocycles. The van der Waals surface area contributed by atoms with Gasteiger partial charge in [0, 0.05) is 4.88 Å². The number of aromatic carboxylic acids is 1. The van der Waals surface area contributed by atoms with Crippen molar-refractivity contribution in [2.45, 2.75) is 32.7 Å². The summed E-state index contributed by atoms with van der Waals surface area (Å²) in [5.41, 5.74) is 0.780. The SMILES string of the molecule is CCCC(Nc1ccc(C(=O)O)c(C)n1)c1cccs1. The molecule has 0 aliphatic carbocycles. The van der Waals surface area contributed by atoms with E-state index in [-0.39, 0.29) is 11.6 Å². The highest BCUT2D eigenvalue weighted by molar-refractivity contribution is 7.10. The second-order valence-corrected chi connectivity index (χ2v) is 5.61. The molecule has 0 fully saturated rings. The van der Waals surface area contributed by atoms with Crippen LogP contribution < -0.4 is 5.32 Å². The minimum absolute atomic E-state index is 0.225. The summed E-state index contributed by atoms with van der Waals surface area (Å²) in [6, 6.07) is 7.70. The predicted octanol–water partition coefficient (Wildman–Crippen LogP) is 4.10. The lowest BCUT2D eigenvalue weighted by Crippen LogP contribution is -2.11. The van der Waals surface area contributed by atoms with Crippen LogP contribution in [0.15, 0.2) is 29.6 Å². The third-order valence-electron chi connectivity index (χ3n) is 3.10. The van der Waals surface area contributed by atoms with Gasteiger partial charge in [0.2, 0.25) is 0 Å². The Bertz CT molecular complexity index is 582. The normalized spacial score (nSPS) is 12.1. The maximum atomic E-state index is 11.0. The van der Waals surface area contributed by atoms with E-state index in [2.05, 4.69) is 28.7 Å². The first-order valence-corrected chi connectivity index (χ1v) is 7.50. The van der Waals surface area contributed by atoms with Crippen LogP contribution in [-0.4, -0.2) is 16.1 Å². The number of hydrogen-bond donors (Lipinski definition) is 2. The van der Waals surface area contributed by atoms with Crippen LogP contribution in [0.1, 0.15) is 46.7 Å². The van der Waals surface area contributed by atoms with E-state index in [4.69, 9.17) is 5.11 Å². The standard InChI is InChI=1S/C15H18N2O2S/c1-3-5-12(13-6-4-9-20-13)17-14-8-7-11(15(18)19)10(2)16-14/h4,6-9,12H,3,5H2,1-2H3,(H,16,17)(H,18,19). The van der Waals surface area contributed by atoms with Crippen LogP contribution >= 0.6 is 11.3 Å². The number of carboxylic acid groups (broad SMARTS) is 1. The maximum absolute atomic E-state index is 11.0. The van der Waals surface area contributed by atoms with Crippen molar-refractivity contribution in [1.29, 1.82) is 0 Å². The van der Waals surface area contributed by atoms with Crippen LogP contribution in [0.4, 0.5) is 5.82 Å². The molecule has 0 radical (unpaired) electrons. The Balaban J connectivity index is 2.19. The van der Waals surface area contributed by atoms with Crippen LogP contribution in [0.2, 0.25) is 0 Å². The van der Waals surface area contributed by atoms with E-state index in [1.807, 2.05) is 6.07 Å². The molecule has 5 heteroatoms. The van der Waals surface area contributed by atoms with Crippen LogP contribution in [-0.2, 0) is 0 Å². The van der Waals surface area contributed by atoms with E-state index >= 15 is 0 Å². The molecular weight excluding hydrogens is 272 g/mol. The number of nitrogens with one attached hydrogen (secondary N) is 1. The zero-order valence-corrected chi connectivity index (χ0v) is 12.4. The second-order valence-electron chi connectivity index (χ2n) is 4.64. The number of anilines is 1. The van der Waals surface area contributed by atoms with Gasteiger partial charge < -0.3 is 10.4 Å². The Kier molecular flexibility index (Phi) is 4.74. The molecule has 0 amide bonds. The molecule has 2 aromatic heterocycles. The highest BCUT2D eigenvalue weighted by Crippen LogP contribution is 2.27. The van der Waals surface area contributed by atoms with Gasteiger partial charge in [-0.15, -0.1) is 11.3 Å². The topological polar surface area (TPSA) is 62.2 Å². The van der Waals surface area contributed by atoms with Crippen LogP contribution in [0.5, 0.6) is 0 Å². The molecule has 2 rings (SSSR count). The highest BCUT2D eigenvalue weighted by Gasteiger charge is 2.14. The van der Waals surface area contributed by atoms with Gasteiger partial charge in [-0.05, 0) is 36.9 Å². The van der Waals surface area contributed by atoms with Crippen molar-refractivity contribution in [3.63, 3.8) is 0 Å². The molecule has 0 aliphatic rings. The Labute approximate surface area is 122 Å². The van der Waals surface area contributed by atoms with Gasteiger partial charge in [0.15, 0.2) is 0 Å². The molecule has 20 heavy (non-hydrogen) atoms. The van der Waals surface area contributed by atoms with Gasteiger partial charge in [-0.25, -0.2) is 9.78 Å². The van der Waals surface area contributed by atoms with Crippen LogP contribution in [0, 0.1) is 6.92 Å². The van der Waals surface area contributed by atoms with E-state index in [9.17, 15) is 4.79 Å². The first kappa shape index (κ1) is 14.5. The smallest absolute Gasteiger partial charge is 0.337 e. The molecule has 0 spiro atoms. The summed E-state index contributed by atoms with van der Waals surface area (Å²) in [7, 11) is 0. The first-order valence-electron chi connectivity index (χ1n) is 6.62. The molecule has 1 unspecified atom stereocenters. The number of aromatic nitrogens is 1. The van der Waals surface area contributed by atoms with Crippen molar-refractivity contribution in [3.05, 3.63) is 45.8 Å². The zero-order valence-electron chi connectivity index (χ0n) is 11.6. The summed E-state index contributed by atoms with van der Waals surface area (Å²) in [5, 5.41) is 14.5. The van der Waals surface area contributed by atoms with E-state index in [1.54, 1.807) is 30.4 Å². The van der Waals surface area contributed by atoms with Crippen LogP contribution in [0.3, 0.4) is 0 Å². The summed E-state index contributed by atoms with van der Waals surface area (Å²) in [6.07, 6.45) is 2.09. The Morgan fingerprint density at radius 3 is 2.80 bits per heavy atom. The quantitative estimate of drug-likeness (QED) is 0.840.